The Bertz CT molecular complexity index is 503. The average molecular weight is 279 g/mol. The van der Waals surface area contributed by atoms with Gasteiger partial charge in [0, 0.05) is 17.7 Å². The summed E-state index contributed by atoms with van der Waals surface area (Å²) in [6, 6.07) is 7.56. The molecule has 1 N–H and O–H groups in total. The van der Waals surface area contributed by atoms with Crippen molar-refractivity contribution < 1.29 is 9.59 Å². The predicted molar refractivity (Wildman–Crippen MR) is 74.0 cm³/mol. The Morgan fingerprint density at radius 3 is 2.50 bits per heavy atom. The number of ketones is 1. The highest BCUT2D eigenvalue weighted by Crippen LogP contribution is 2.12. The van der Waals surface area contributed by atoms with Gasteiger partial charge in [-0.15, -0.1) is 22.7 Å². The molecule has 0 aromatic carbocycles. The van der Waals surface area contributed by atoms with Crippen molar-refractivity contribution in [3.05, 3.63) is 44.8 Å². The van der Waals surface area contributed by atoms with Gasteiger partial charge in [-0.05, 0) is 22.9 Å². The monoisotopic (exact) mass is 279 g/mol. The highest BCUT2D eigenvalue weighted by molar-refractivity contribution is 7.12. The lowest BCUT2D eigenvalue weighted by atomic mass is 10.2. The Kier molecular flexibility index (Phi) is 4.66. The molecule has 0 fully saturated rings. The van der Waals surface area contributed by atoms with Crippen LogP contribution < -0.4 is 5.32 Å². The fourth-order valence-corrected chi connectivity index (χ4v) is 2.81. The standard InChI is InChI=1S/C13H13NO2S2/c15-11(12-4-2-8-18-12)5-6-13(16)14-9-10-3-1-7-17-10/h1-4,7-8H,5-6,9H2,(H,14,16). The number of nitrogens with one attached hydrogen (secondary N) is 1. The van der Waals surface area contributed by atoms with Crippen molar-refractivity contribution in [2.45, 2.75) is 19.4 Å². The molecule has 0 unspecified atom stereocenters. The van der Waals surface area contributed by atoms with Gasteiger partial charge in [0.25, 0.3) is 0 Å². The van der Waals surface area contributed by atoms with Crippen molar-refractivity contribution in [3.63, 3.8) is 0 Å². The van der Waals surface area contributed by atoms with Crippen LogP contribution in [0.2, 0.25) is 0 Å². The lowest BCUT2D eigenvalue weighted by Gasteiger charge is -2.02. The summed E-state index contributed by atoms with van der Waals surface area (Å²) in [4.78, 5) is 25.1. The zero-order chi connectivity index (χ0) is 12.8. The smallest absolute Gasteiger partial charge is 0.220 e. The molecule has 5 heteroatoms. The minimum Gasteiger partial charge on any atom is -0.351 e. The molecule has 0 saturated carbocycles. The summed E-state index contributed by atoms with van der Waals surface area (Å²) in [5, 5.41) is 6.65. The van der Waals surface area contributed by atoms with Gasteiger partial charge in [0.15, 0.2) is 5.78 Å². The zero-order valence-corrected chi connectivity index (χ0v) is 11.4. The van der Waals surface area contributed by atoms with Crippen LogP contribution in [0.5, 0.6) is 0 Å². The van der Waals surface area contributed by atoms with Crippen molar-refractivity contribution >= 4 is 34.4 Å². The molecular formula is C13H13NO2S2. The van der Waals surface area contributed by atoms with Crippen LogP contribution >= 0.6 is 22.7 Å². The van der Waals surface area contributed by atoms with Gasteiger partial charge in [-0.3, -0.25) is 9.59 Å². The first-order valence-electron chi connectivity index (χ1n) is 5.61. The van der Waals surface area contributed by atoms with Gasteiger partial charge < -0.3 is 5.32 Å². The highest BCUT2D eigenvalue weighted by atomic mass is 32.1. The third-order valence-corrected chi connectivity index (χ3v) is 4.20. The van der Waals surface area contributed by atoms with Crippen molar-refractivity contribution in [2.75, 3.05) is 0 Å². The van der Waals surface area contributed by atoms with E-state index in [1.54, 1.807) is 17.4 Å². The molecule has 0 atom stereocenters. The molecular weight excluding hydrogens is 266 g/mol. The van der Waals surface area contributed by atoms with E-state index in [-0.39, 0.29) is 24.5 Å². The van der Waals surface area contributed by atoms with E-state index in [2.05, 4.69) is 5.32 Å². The summed E-state index contributed by atoms with van der Waals surface area (Å²) in [6.07, 6.45) is 0.527. The first kappa shape index (κ1) is 13.0. The molecule has 0 spiro atoms. The molecule has 0 bridgehead atoms. The summed E-state index contributed by atoms with van der Waals surface area (Å²) in [5.74, 6) is -0.0374. The molecule has 1 amide bonds. The van der Waals surface area contributed by atoms with Crippen molar-refractivity contribution in [1.82, 2.24) is 5.32 Å². The van der Waals surface area contributed by atoms with Crippen LogP contribution in [0.25, 0.3) is 0 Å². The fraction of sp³-hybridized carbons (Fsp3) is 0.231. The van der Waals surface area contributed by atoms with Gasteiger partial charge in [-0.25, -0.2) is 0 Å². The third-order valence-electron chi connectivity index (χ3n) is 2.42. The maximum absolute atomic E-state index is 11.7. The lowest BCUT2D eigenvalue weighted by Crippen LogP contribution is -2.22. The number of amides is 1. The number of Topliss-reactive ketones (excluding diaryl/α,β-unsaturated/α-hetero) is 1. The molecule has 2 rings (SSSR count). The van der Waals surface area contributed by atoms with Gasteiger partial charge in [-0.1, -0.05) is 12.1 Å². The van der Waals surface area contributed by atoms with E-state index in [9.17, 15) is 9.59 Å². The Morgan fingerprint density at radius 2 is 1.83 bits per heavy atom. The maximum atomic E-state index is 11.7. The first-order valence-corrected chi connectivity index (χ1v) is 7.37. The second kappa shape index (κ2) is 6.47. The molecule has 0 aliphatic heterocycles. The van der Waals surface area contributed by atoms with E-state index in [1.807, 2.05) is 29.0 Å². The maximum Gasteiger partial charge on any atom is 0.220 e. The van der Waals surface area contributed by atoms with E-state index in [0.717, 1.165) is 9.75 Å². The summed E-state index contributed by atoms with van der Waals surface area (Å²) in [5.41, 5.74) is 0. The fourth-order valence-electron chi connectivity index (χ4n) is 1.47. The van der Waals surface area contributed by atoms with Gasteiger partial charge in [0.05, 0.1) is 11.4 Å². The van der Waals surface area contributed by atoms with E-state index >= 15 is 0 Å². The molecule has 0 aliphatic rings. The molecule has 94 valence electrons. The third kappa shape index (κ3) is 3.78. The normalized spacial score (nSPS) is 10.2. The lowest BCUT2D eigenvalue weighted by molar-refractivity contribution is -0.121. The number of carbonyl (C=O) groups excluding carboxylic acids is 2. The summed E-state index contributed by atoms with van der Waals surface area (Å²) in [7, 11) is 0. The molecule has 2 aromatic heterocycles. The van der Waals surface area contributed by atoms with Crippen molar-refractivity contribution in [2.24, 2.45) is 0 Å². The van der Waals surface area contributed by atoms with Crippen LogP contribution in [0.3, 0.4) is 0 Å². The van der Waals surface area contributed by atoms with Gasteiger partial charge in [0.2, 0.25) is 5.91 Å². The van der Waals surface area contributed by atoms with Crippen molar-refractivity contribution in [3.8, 4) is 0 Å². The van der Waals surface area contributed by atoms with E-state index in [1.165, 1.54) is 11.3 Å². The van der Waals surface area contributed by atoms with Gasteiger partial charge in [0.1, 0.15) is 0 Å². The largest absolute Gasteiger partial charge is 0.351 e. The van der Waals surface area contributed by atoms with E-state index < -0.39 is 0 Å². The number of hydrogen-bond acceptors (Lipinski definition) is 4. The zero-order valence-electron chi connectivity index (χ0n) is 9.72. The highest BCUT2D eigenvalue weighted by Gasteiger charge is 2.09. The Labute approximate surface area is 113 Å². The van der Waals surface area contributed by atoms with Crippen LogP contribution in [0.15, 0.2) is 35.0 Å². The van der Waals surface area contributed by atoms with Crippen LogP contribution in [-0.4, -0.2) is 11.7 Å². The number of hydrogen-bond donors (Lipinski definition) is 1. The minimum absolute atomic E-state index is 0.0382. The average Bonchev–Trinajstić information content (AvgIpc) is 3.05. The van der Waals surface area contributed by atoms with Gasteiger partial charge >= 0.3 is 0 Å². The Hall–Kier alpha value is -1.46. The van der Waals surface area contributed by atoms with Crippen LogP contribution in [0.1, 0.15) is 27.4 Å². The van der Waals surface area contributed by atoms with Crippen LogP contribution in [0, 0.1) is 0 Å². The Morgan fingerprint density at radius 1 is 1.06 bits per heavy atom. The molecule has 2 heterocycles. The topological polar surface area (TPSA) is 46.2 Å². The van der Waals surface area contributed by atoms with Crippen LogP contribution in [0.4, 0.5) is 0 Å². The van der Waals surface area contributed by atoms with Crippen molar-refractivity contribution in [1.29, 1.82) is 0 Å². The second-order valence-corrected chi connectivity index (χ2v) is 5.74. The number of carbonyl (C=O) groups is 2. The first-order chi connectivity index (χ1) is 8.75. The van der Waals surface area contributed by atoms with E-state index in [0.29, 0.717) is 6.54 Å². The number of rotatable bonds is 6. The van der Waals surface area contributed by atoms with Gasteiger partial charge in [-0.2, -0.15) is 0 Å². The molecule has 0 radical (unpaired) electrons. The molecule has 0 saturated heterocycles. The predicted octanol–water partition coefficient (Wildman–Crippen LogP) is 3.09. The Balaban J connectivity index is 1.70. The molecule has 0 aliphatic carbocycles. The number of thiophene rings is 2. The molecule has 18 heavy (non-hydrogen) atoms. The van der Waals surface area contributed by atoms with Crippen LogP contribution in [-0.2, 0) is 11.3 Å². The van der Waals surface area contributed by atoms with E-state index in [4.69, 9.17) is 0 Å². The molecule has 3 nitrogen and oxygen atoms in total. The summed E-state index contributed by atoms with van der Waals surface area (Å²) in [6.45, 7) is 0.545. The molecule has 2 aromatic rings. The minimum atomic E-state index is -0.0756. The SMILES string of the molecule is O=C(CCC(=O)c1cccs1)NCc1cccs1. The summed E-state index contributed by atoms with van der Waals surface area (Å²) < 4.78 is 0. The quantitative estimate of drug-likeness (QED) is 0.826. The summed E-state index contributed by atoms with van der Waals surface area (Å²) >= 11 is 3.02. The second-order valence-electron chi connectivity index (χ2n) is 3.76.